The number of hydrogen-bond acceptors (Lipinski definition) is 3. The van der Waals surface area contributed by atoms with Crippen LogP contribution in [0.15, 0.2) is 0 Å². The third-order valence-corrected chi connectivity index (χ3v) is 0. The second kappa shape index (κ2) is 17.9. The van der Waals surface area contributed by atoms with Gasteiger partial charge in [0.25, 0.3) is 0 Å². The van der Waals surface area contributed by atoms with Crippen LogP contribution in [0.5, 0.6) is 0 Å². The smallest absolute Gasteiger partial charge is 0.309 e. The Kier molecular flexibility index (Phi) is 41.0. The summed E-state index contributed by atoms with van der Waals surface area (Å²) in [5.41, 5.74) is 8.50. The molecule has 6 heteroatoms. The highest BCUT2D eigenvalue weighted by atomic mass is 35.5. The van der Waals surface area contributed by atoms with Crippen molar-refractivity contribution >= 4 is 18.4 Å². The third-order valence-electron chi connectivity index (χ3n) is 0. The first kappa shape index (κ1) is 16.1. The molecule has 0 saturated heterocycles. The van der Waals surface area contributed by atoms with Crippen LogP contribution in [-0.2, 0) is 0 Å². The van der Waals surface area contributed by atoms with Gasteiger partial charge in [0.2, 0.25) is 0 Å². The Balaban J connectivity index is -0.0000000480. The molecule has 0 heterocycles. The maximum atomic E-state index is 9.00. The summed E-state index contributed by atoms with van der Waals surface area (Å²) in [6, 6.07) is -0.833. The van der Waals surface area contributed by atoms with Crippen LogP contribution in [0.4, 0.5) is 4.79 Å². The van der Waals surface area contributed by atoms with Crippen molar-refractivity contribution in [2.24, 2.45) is 17.4 Å². The van der Waals surface area contributed by atoms with Crippen LogP contribution >= 0.6 is 12.4 Å². The quantitative estimate of drug-likeness (QED) is 0.307. The van der Waals surface area contributed by atoms with Gasteiger partial charge >= 0.3 is 6.03 Å². The Bertz CT molecular complexity index is 35.9. The SMILES string of the molecule is Cl.NC(N)=O.NO. The number of carbonyl (C=O) groups is 1. The number of carbonyl (C=O) groups excluding carboxylic acids is 1. The lowest BCUT2D eigenvalue weighted by Crippen LogP contribution is -2.18. The number of amides is 2. The summed E-state index contributed by atoms with van der Waals surface area (Å²) in [4.78, 5) is 9.00. The monoisotopic (exact) mass is 129 g/mol. The lowest BCUT2D eigenvalue weighted by Gasteiger charge is -1.62. The summed E-state index contributed by atoms with van der Waals surface area (Å²) in [6.07, 6.45) is 0. The standard InChI is InChI=1S/CH4N2O.ClH.H3NO/c2-1(3)4;;1-2/h(H4,2,3,4);1H;2H,1H2. The number of halogens is 1. The molecule has 46 valence electrons. The first-order valence-corrected chi connectivity index (χ1v) is 1.04. The van der Waals surface area contributed by atoms with Gasteiger partial charge in [-0.25, -0.2) is 10.7 Å². The molecule has 0 aliphatic carbocycles. The highest BCUT2D eigenvalue weighted by Crippen LogP contribution is 1.25. The van der Waals surface area contributed by atoms with E-state index >= 15 is 0 Å². The van der Waals surface area contributed by atoms with Gasteiger partial charge in [-0.15, -0.1) is 12.4 Å². The summed E-state index contributed by atoms with van der Waals surface area (Å²) in [7, 11) is 0. The van der Waals surface area contributed by atoms with Crippen molar-refractivity contribution in [3.05, 3.63) is 0 Å². The van der Waals surface area contributed by atoms with Crippen LogP contribution < -0.4 is 17.4 Å². The van der Waals surface area contributed by atoms with Gasteiger partial charge < -0.3 is 16.7 Å². The number of nitrogens with two attached hydrogens (primary N) is 3. The molecule has 0 spiro atoms. The average molecular weight is 130 g/mol. The summed E-state index contributed by atoms with van der Waals surface area (Å²) < 4.78 is 0. The molecule has 5 nitrogen and oxygen atoms in total. The fourth-order valence-electron chi connectivity index (χ4n) is 0. The number of rotatable bonds is 0. The first-order chi connectivity index (χ1) is 2.73. The summed E-state index contributed by atoms with van der Waals surface area (Å²) in [5.74, 6) is 3.50. The van der Waals surface area contributed by atoms with Crippen LogP contribution in [0.1, 0.15) is 0 Å². The minimum atomic E-state index is -0.833. The minimum Gasteiger partial charge on any atom is -0.352 e. The zero-order chi connectivity index (χ0) is 5.58. The summed E-state index contributed by atoms with van der Waals surface area (Å²) in [6.45, 7) is 0. The lowest BCUT2D eigenvalue weighted by molar-refractivity contribution is 0.256. The van der Waals surface area contributed by atoms with Crippen LogP contribution in [0.3, 0.4) is 0 Å². The van der Waals surface area contributed by atoms with Crippen LogP contribution in [-0.4, -0.2) is 11.2 Å². The second-order valence-corrected chi connectivity index (χ2v) is 0.402. The van der Waals surface area contributed by atoms with Crippen molar-refractivity contribution in [1.82, 2.24) is 0 Å². The summed E-state index contributed by atoms with van der Waals surface area (Å²) >= 11 is 0. The van der Waals surface area contributed by atoms with Crippen molar-refractivity contribution in [2.75, 3.05) is 0 Å². The van der Waals surface area contributed by atoms with Gasteiger partial charge in [-0.2, -0.15) is 0 Å². The van der Waals surface area contributed by atoms with E-state index in [1.165, 1.54) is 0 Å². The highest BCUT2D eigenvalue weighted by Gasteiger charge is 1.60. The summed E-state index contributed by atoms with van der Waals surface area (Å²) in [5, 5.41) is 6.50. The van der Waals surface area contributed by atoms with E-state index in [4.69, 9.17) is 10.0 Å². The Morgan fingerprint density at radius 2 is 1.29 bits per heavy atom. The van der Waals surface area contributed by atoms with Crippen LogP contribution in [0, 0.1) is 0 Å². The Morgan fingerprint density at radius 3 is 1.29 bits per heavy atom. The molecule has 7 heavy (non-hydrogen) atoms. The van der Waals surface area contributed by atoms with Crippen LogP contribution in [0.25, 0.3) is 0 Å². The normalized spacial score (nSPS) is 4.29. The predicted octanol–water partition coefficient (Wildman–Crippen LogP) is -1.22. The molecule has 0 radical (unpaired) electrons. The lowest BCUT2D eigenvalue weighted by atomic mass is 11.2. The molecule has 0 bridgehead atoms. The topological polar surface area (TPSA) is 115 Å². The molecule has 0 atom stereocenters. The molecule has 0 aromatic heterocycles. The predicted molar refractivity (Wildman–Crippen MR) is 27.0 cm³/mol. The van der Waals surface area contributed by atoms with E-state index in [0.29, 0.717) is 0 Å². The molecule has 0 rings (SSSR count). The molecule has 0 fully saturated rings. The maximum Gasteiger partial charge on any atom is 0.309 e. The van der Waals surface area contributed by atoms with E-state index in [1.807, 2.05) is 0 Å². The number of primary amides is 2. The fraction of sp³-hybridized carbons (Fsp3) is 0. The molecule has 0 saturated carbocycles. The molecule has 0 aliphatic rings. The second-order valence-electron chi connectivity index (χ2n) is 0.402. The molecule has 0 aliphatic heterocycles. The zero-order valence-electron chi connectivity index (χ0n) is 3.50. The first-order valence-electron chi connectivity index (χ1n) is 1.04. The third kappa shape index (κ3) is 245. The van der Waals surface area contributed by atoms with Crippen LogP contribution in [0.2, 0.25) is 0 Å². The van der Waals surface area contributed by atoms with Gasteiger partial charge in [0.15, 0.2) is 0 Å². The van der Waals surface area contributed by atoms with Crippen molar-refractivity contribution in [3.8, 4) is 0 Å². The molecule has 0 aromatic carbocycles. The van der Waals surface area contributed by atoms with Gasteiger partial charge in [0, 0.05) is 0 Å². The molecule has 7 N–H and O–H groups in total. The Hall–Kier alpha value is -0.520. The van der Waals surface area contributed by atoms with Gasteiger partial charge in [0.1, 0.15) is 0 Å². The molecular formula is CH8ClN3O2. The number of urea groups is 1. The molecule has 0 unspecified atom stereocenters. The van der Waals surface area contributed by atoms with Gasteiger partial charge in [-0.1, -0.05) is 0 Å². The van der Waals surface area contributed by atoms with Crippen molar-refractivity contribution in [1.29, 1.82) is 0 Å². The maximum absolute atomic E-state index is 9.00. The van der Waals surface area contributed by atoms with E-state index in [9.17, 15) is 0 Å². The van der Waals surface area contributed by atoms with Crippen molar-refractivity contribution in [2.45, 2.75) is 0 Å². The zero-order valence-corrected chi connectivity index (χ0v) is 4.31. The minimum absolute atomic E-state index is 0. The van der Waals surface area contributed by atoms with Crippen molar-refractivity contribution < 1.29 is 10.0 Å². The Labute approximate surface area is 46.8 Å². The number of hydrogen-bond donors (Lipinski definition) is 4. The largest absolute Gasteiger partial charge is 0.352 e. The van der Waals surface area contributed by atoms with Gasteiger partial charge in [-0.3, -0.25) is 0 Å². The highest BCUT2D eigenvalue weighted by molar-refractivity contribution is 5.85. The van der Waals surface area contributed by atoms with E-state index in [2.05, 4.69) is 17.4 Å². The van der Waals surface area contributed by atoms with Gasteiger partial charge in [0.05, 0.1) is 0 Å². The van der Waals surface area contributed by atoms with E-state index in [-0.39, 0.29) is 12.4 Å². The average Bonchev–Trinajstić information content (AvgIpc) is 1.41. The molecular weight excluding hydrogens is 121 g/mol. The van der Waals surface area contributed by atoms with Gasteiger partial charge in [-0.05, 0) is 0 Å². The molecule has 0 aromatic rings. The van der Waals surface area contributed by atoms with E-state index < -0.39 is 6.03 Å². The van der Waals surface area contributed by atoms with Crippen molar-refractivity contribution in [3.63, 3.8) is 0 Å². The van der Waals surface area contributed by atoms with E-state index in [1.54, 1.807) is 0 Å². The van der Waals surface area contributed by atoms with E-state index in [0.717, 1.165) is 0 Å². The fourth-order valence-corrected chi connectivity index (χ4v) is 0. The molecule has 2 amide bonds. The Morgan fingerprint density at radius 1 is 1.29 bits per heavy atom.